The second-order valence-electron chi connectivity index (χ2n) is 3.98. The minimum absolute atomic E-state index is 0.290. The first-order chi connectivity index (χ1) is 10.9. The van der Waals surface area contributed by atoms with Gasteiger partial charge in [0.2, 0.25) is 0 Å². The topological polar surface area (TPSA) is 130 Å². The molecule has 0 aromatic heterocycles. The highest BCUT2D eigenvalue weighted by molar-refractivity contribution is 5.58. The Balaban J connectivity index is 0. The Kier molecular flexibility index (Phi) is 18.9. The van der Waals surface area contributed by atoms with Gasteiger partial charge in [0.25, 0.3) is 0 Å². The number of hydrogen-bond donors (Lipinski definition) is 2. The third kappa shape index (κ3) is 25.7. The molecule has 0 aromatic rings. The van der Waals surface area contributed by atoms with Crippen LogP contribution in [0, 0.1) is 0 Å². The molecule has 0 aliphatic rings. The van der Waals surface area contributed by atoms with Crippen molar-refractivity contribution < 1.29 is 48.2 Å². The van der Waals surface area contributed by atoms with Crippen molar-refractivity contribution in [2.45, 2.75) is 13.0 Å². The second kappa shape index (κ2) is 18.4. The van der Waals surface area contributed by atoms with Gasteiger partial charge in [-0.05, 0) is 6.92 Å². The monoisotopic (exact) mass is 342 g/mol. The van der Waals surface area contributed by atoms with Crippen LogP contribution < -0.4 is 0 Å². The van der Waals surface area contributed by atoms with Crippen LogP contribution in [0.15, 0.2) is 0 Å². The van der Waals surface area contributed by atoms with E-state index in [9.17, 15) is 9.59 Å². The van der Waals surface area contributed by atoms with E-state index in [1.54, 1.807) is 14.2 Å². The van der Waals surface area contributed by atoms with Gasteiger partial charge in [0.1, 0.15) is 12.7 Å². The molecule has 2 N–H and O–H groups in total. The normalized spacial score (nSPS) is 11.1. The molecule has 0 saturated carbocycles. The van der Waals surface area contributed by atoms with Crippen LogP contribution in [0.25, 0.3) is 0 Å². The van der Waals surface area contributed by atoms with Gasteiger partial charge in [0, 0.05) is 14.2 Å². The average Bonchev–Trinajstić information content (AvgIpc) is 2.48. The van der Waals surface area contributed by atoms with Crippen molar-refractivity contribution in [3.8, 4) is 0 Å². The third-order valence-corrected chi connectivity index (χ3v) is 1.98. The number of carbonyl (C=O) groups is 2. The predicted octanol–water partition coefficient (Wildman–Crippen LogP) is 1.08. The molecule has 10 nitrogen and oxygen atoms in total. The quantitative estimate of drug-likeness (QED) is 0.392. The van der Waals surface area contributed by atoms with Crippen LogP contribution in [0.4, 0.5) is 9.59 Å². The number of methoxy groups -OCH3 is 2. The van der Waals surface area contributed by atoms with Gasteiger partial charge in [0.15, 0.2) is 0 Å². The summed E-state index contributed by atoms with van der Waals surface area (Å²) in [5.41, 5.74) is 0. The molecule has 0 saturated heterocycles. The molecule has 0 radical (unpaired) electrons. The highest BCUT2D eigenvalue weighted by Crippen LogP contribution is 1.92. The summed E-state index contributed by atoms with van der Waals surface area (Å²) >= 11 is 0. The summed E-state index contributed by atoms with van der Waals surface area (Å²) in [5.74, 6) is 0. The predicted molar refractivity (Wildman–Crippen MR) is 77.9 cm³/mol. The van der Waals surface area contributed by atoms with Gasteiger partial charge in [-0.1, -0.05) is 0 Å². The van der Waals surface area contributed by atoms with Crippen molar-refractivity contribution in [3.05, 3.63) is 0 Å². The van der Waals surface area contributed by atoms with Crippen molar-refractivity contribution >= 4 is 12.3 Å². The van der Waals surface area contributed by atoms with Crippen molar-refractivity contribution in [1.29, 1.82) is 0 Å². The molecular formula is C13H26O10. The Morgan fingerprint density at radius 2 is 1.26 bits per heavy atom. The molecule has 0 rings (SSSR count). The maximum absolute atomic E-state index is 9.83. The molecule has 0 amide bonds. The lowest BCUT2D eigenvalue weighted by Crippen LogP contribution is -2.20. The Bertz CT molecular complexity index is 274. The van der Waals surface area contributed by atoms with E-state index in [0.29, 0.717) is 39.6 Å². The smallest absolute Gasteiger partial charge is 0.450 e. The molecule has 0 fully saturated rings. The van der Waals surface area contributed by atoms with E-state index in [1.165, 1.54) is 6.92 Å². The standard InChI is InChI=1S/C8H18O4.C5H8O6/c1-9-3-5-11-7-8-12-6-4-10-2;1-3(11-5(8)9)2-10-4(6)7/h3-8H2,1-2H3;3H,2H2,1H3,(H,6,7)(H,8,9). The van der Waals surface area contributed by atoms with Crippen molar-refractivity contribution in [2.24, 2.45) is 0 Å². The van der Waals surface area contributed by atoms with Crippen LogP contribution in [-0.4, -0.2) is 89.1 Å². The van der Waals surface area contributed by atoms with E-state index in [4.69, 9.17) is 29.2 Å². The van der Waals surface area contributed by atoms with Gasteiger partial charge in [-0.15, -0.1) is 0 Å². The van der Waals surface area contributed by atoms with Crippen LogP contribution in [0.5, 0.6) is 0 Å². The molecule has 10 heteroatoms. The zero-order valence-corrected chi connectivity index (χ0v) is 13.7. The van der Waals surface area contributed by atoms with E-state index in [0.717, 1.165) is 0 Å². The van der Waals surface area contributed by atoms with Crippen LogP contribution in [0.1, 0.15) is 6.92 Å². The van der Waals surface area contributed by atoms with Crippen molar-refractivity contribution in [2.75, 3.05) is 60.5 Å². The minimum Gasteiger partial charge on any atom is -0.450 e. The largest absolute Gasteiger partial charge is 0.506 e. The number of hydrogen-bond acceptors (Lipinski definition) is 8. The molecule has 23 heavy (non-hydrogen) atoms. The van der Waals surface area contributed by atoms with Crippen molar-refractivity contribution in [3.63, 3.8) is 0 Å². The summed E-state index contributed by atoms with van der Waals surface area (Å²) in [6.45, 7) is 4.86. The molecule has 0 aliphatic carbocycles. The van der Waals surface area contributed by atoms with Gasteiger partial charge in [-0.3, -0.25) is 0 Å². The molecule has 0 heterocycles. The SMILES string of the molecule is CC(COC(=O)O)OC(=O)O.COCCOCCOCCOC. The van der Waals surface area contributed by atoms with Gasteiger partial charge < -0.3 is 38.6 Å². The summed E-state index contributed by atoms with van der Waals surface area (Å²) in [5, 5.41) is 16.0. The molecule has 1 atom stereocenters. The van der Waals surface area contributed by atoms with Crippen LogP contribution in [0.2, 0.25) is 0 Å². The van der Waals surface area contributed by atoms with Crippen LogP contribution >= 0.6 is 0 Å². The van der Waals surface area contributed by atoms with E-state index in [1.807, 2.05) is 0 Å². The fourth-order valence-electron chi connectivity index (χ4n) is 1.00. The maximum atomic E-state index is 9.83. The first-order valence-electron chi connectivity index (χ1n) is 6.82. The number of ether oxygens (including phenoxy) is 6. The molecular weight excluding hydrogens is 316 g/mol. The Labute approximate surface area is 135 Å². The average molecular weight is 342 g/mol. The van der Waals surface area contributed by atoms with Crippen LogP contribution in [-0.2, 0) is 28.4 Å². The van der Waals surface area contributed by atoms with Crippen LogP contribution in [0.3, 0.4) is 0 Å². The zero-order chi connectivity index (χ0) is 17.9. The Hall–Kier alpha value is -1.62. The number of rotatable bonds is 12. The Morgan fingerprint density at radius 1 is 0.826 bits per heavy atom. The minimum atomic E-state index is -1.45. The lowest BCUT2D eigenvalue weighted by molar-refractivity contribution is 0.0106. The van der Waals surface area contributed by atoms with Gasteiger partial charge >= 0.3 is 12.3 Å². The van der Waals surface area contributed by atoms with Gasteiger partial charge in [-0.2, -0.15) is 0 Å². The molecule has 138 valence electrons. The molecule has 0 aliphatic heterocycles. The summed E-state index contributed by atoms with van der Waals surface area (Å²) < 4.78 is 28.1. The maximum Gasteiger partial charge on any atom is 0.506 e. The first kappa shape index (κ1) is 23.6. The fraction of sp³-hybridized carbons (Fsp3) is 0.846. The lowest BCUT2D eigenvalue weighted by Gasteiger charge is -2.08. The molecule has 0 spiro atoms. The molecule has 1 unspecified atom stereocenters. The summed E-state index contributed by atoms with van der Waals surface area (Å²) in [6, 6.07) is 0. The summed E-state index contributed by atoms with van der Waals surface area (Å²) in [4.78, 5) is 19.6. The Morgan fingerprint density at radius 3 is 1.61 bits per heavy atom. The van der Waals surface area contributed by atoms with E-state index >= 15 is 0 Å². The number of carboxylic acid groups (broad SMARTS) is 2. The van der Waals surface area contributed by atoms with Crippen molar-refractivity contribution in [1.82, 2.24) is 0 Å². The van der Waals surface area contributed by atoms with Gasteiger partial charge in [-0.25, -0.2) is 9.59 Å². The first-order valence-corrected chi connectivity index (χ1v) is 6.82. The lowest BCUT2D eigenvalue weighted by atomic mass is 10.4. The highest BCUT2D eigenvalue weighted by atomic mass is 16.7. The van der Waals surface area contributed by atoms with Gasteiger partial charge in [0.05, 0.1) is 39.6 Å². The third-order valence-electron chi connectivity index (χ3n) is 1.98. The second-order valence-corrected chi connectivity index (χ2v) is 3.98. The molecule has 0 aromatic carbocycles. The summed E-state index contributed by atoms with van der Waals surface area (Å²) in [7, 11) is 3.30. The zero-order valence-electron chi connectivity index (χ0n) is 13.7. The van der Waals surface area contributed by atoms with E-state index in [2.05, 4.69) is 9.47 Å². The van der Waals surface area contributed by atoms with E-state index < -0.39 is 18.4 Å². The fourth-order valence-corrected chi connectivity index (χ4v) is 1.00. The molecule has 0 bridgehead atoms. The van der Waals surface area contributed by atoms with E-state index in [-0.39, 0.29) is 6.61 Å². The highest BCUT2D eigenvalue weighted by Gasteiger charge is 2.09. The summed E-state index contributed by atoms with van der Waals surface area (Å²) in [6.07, 6.45) is -3.68.